The monoisotopic (exact) mass is 458 g/mol. The van der Waals surface area contributed by atoms with Gasteiger partial charge in [0.2, 0.25) is 0 Å². The van der Waals surface area contributed by atoms with Gasteiger partial charge in [0.05, 0.1) is 12.3 Å². The van der Waals surface area contributed by atoms with E-state index in [0.29, 0.717) is 11.3 Å². The zero-order valence-electron chi connectivity index (χ0n) is 18.4. The van der Waals surface area contributed by atoms with Crippen LogP contribution in [0.3, 0.4) is 0 Å². The number of benzene rings is 2. The molecule has 174 valence electrons. The molecule has 3 rings (SSSR count). The molecule has 0 unspecified atom stereocenters. The predicted molar refractivity (Wildman–Crippen MR) is 121 cm³/mol. The van der Waals surface area contributed by atoms with E-state index in [9.17, 15) is 22.8 Å². The van der Waals surface area contributed by atoms with Gasteiger partial charge in [0.1, 0.15) is 5.71 Å². The molecule has 2 aromatic carbocycles. The molecule has 0 saturated carbocycles. The van der Waals surface area contributed by atoms with Crippen LogP contribution in [0, 0.1) is 0 Å². The number of hydrogen-bond acceptors (Lipinski definition) is 4. The first-order chi connectivity index (χ1) is 15.7. The number of hydrogen-bond donors (Lipinski definition) is 0. The van der Waals surface area contributed by atoms with E-state index >= 15 is 0 Å². The number of esters is 1. The molecule has 0 saturated heterocycles. The summed E-state index contributed by atoms with van der Waals surface area (Å²) in [6, 6.07) is 15.5. The summed E-state index contributed by atoms with van der Waals surface area (Å²) < 4.78 is 48.6. The molecule has 0 aromatic heterocycles. The Hall–Kier alpha value is -3.42. The highest BCUT2D eigenvalue weighted by atomic mass is 19.4. The summed E-state index contributed by atoms with van der Waals surface area (Å²) in [6.07, 6.45) is -3.52. The number of alkyl halides is 3. The van der Waals surface area contributed by atoms with Gasteiger partial charge in [-0.15, -0.1) is 0 Å². The van der Waals surface area contributed by atoms with Gasteiger partial charge in [0, 0.05) is 19.0 Å². The molecule has 1 aliphatic rings. The fraction of sp³-hybridized carbons (Fsp3) is 0.320. The van der Waals surface area contributed by atoms with Crippen molar-refractivity contribution < 1.29 is 27.5 Å². The Balaban J connectivity index is 2.06. The number of ether oxygens (including phenoxy) is 1. The molecule has 0 N–H and O–H groups in total. The molecule has 5 nitrogen and oxygen atoms in total. The summed E-state index contributed by atoms with van der Waals surface area (Å²) in [5.41, 5.74) is -1.38. The third-order valence-electron chi connectivity index (χ3n) is 5.49. The summed E-state index contributed by atoms with van der Waals surface area (Å²) in [5.74, 6) is -1.36. The van der Waals surface area contributed by atoms with Crippen LogP contribution < -0.4 is 4.90 Å². The molecule has 2 aromatic rings. The lowest BCUT2D eigenvalue weighted by Gasteiger charge is -2.31. The third kappa shape index (κ3) is 5.32. The number of carbonyl (C=O) groups is 2. The van der Waals surface area contributed by atoms with Crippen molar-refractivity contribution in [3.63, 3.8) is 0 Å². The van der Waals surface area contributed by atoms with Crippen molar-refractivity contribution in [2.24, 2.45) is 4.99 Å². The molecule has 1 heterocycles. The second-order valence-electron chi connectivity index (χ2n) is 7.69. The van der Waals surface area contributed by atoms with Crippen molar-refractivity contribution in [1.29, 1.82) is 0 Å². The molecule has 33 heavy (non-hydrogen) atoms. The van der Waals surface area contributed by atoms with Crippen molar-refractivity contribution >= 4 is 29.4 Å². The van der Waals surface area contributed by atoms with Crippen LogP contribution in [0.2, 0.25) is 0 Å². The Labute approximate surface area is 190 Å². The highest BCUT2D eigenvalue weighted by Crippen LogP contribution is 2.43. The number of likely N-dealkylation sites (N-methyl/N-ethyl adjacent to an activating group) is 1. The fourth-order valence-corrected chi connectivity index (χ4v) is 3.69. The number of carbonyl (C=O) groups excluding carboxylic acids is 2. The highest BCUT2D eigenvalue weighted by Gasteiger charge is 2.55. The Morgan fingerprint density at radius 2 is 1.76 bits per heavy atom. The van der Waals surface area contributed by atoms with Crippen molar-refractivity contribution in [3.05, 3.63) is 71.8 Å². The smallest absolute Gasteiger partial charge is 0.413 e. The number of halogens is 3. The van der Waals surface area contributed by atoms with E-state index in [1.807, 2.05) is 6.07 Å². The average Bonchev–Trinajstić information content (AvgIpc) is 3.02. The molecule has 0 radical (unpaired) electrons. The standard InChI is InChI=1S/C25H25F3N2O3/c1-3-33-21(31)15-17-24(25(26,27)28,16-9-12-18-10-5-4-6-11-18)29-22-19-13-7-8-14-20(19)30(2)23(22)32/h4-14H,3,15-17H2,1-2H3/b12-9+,29-22?/t24-/m1/s1. The van der Waals surface area contributed by atoms with E-state index in [4.69, 9.17) is 4.74 Å². The van der Waals surface area contributed by atoms with Gasteiger partial charge in [-0.25, -0.2) is 0 Å². The predicted octanol–water partition coefficient (Wildman–Crippen LogP) is 5.20. The number of rotatable bonds is 8. The zero-order valence-corrected chi connectivity index (χ0v) is 18.4. The zero-order chi connectivity index (χ0) is 24.1. The topological polar surface area (TPSA) is 59.0 Å². The quantitative estimate of drug-likeness (QED) is 0.511. The molecule has 1 atom stereocenters. The van der Waals surface area contributed by atoms with E-state index in [1.54, 1.807) is 61.5 Å². The van der Waals surface area contributed by atoms with Crippen LogP contribution in [-0.2, 0) is 14.3 Å². The maximum Gasteiger partial charge on any atom is 0.413 e. The van der Waals surface area contributed by atoms with Crippen LogP contribution in [0.15, 0.2) is 65.7 Å². The van der Waals surface area contributed by atoms with Gasteiger partial charge >= 0.3 is 12.1 Å². The Bertz CT molecular complexity index is 1060. The van der Waals surface area contributed by atoms with E-state index in [0.717, 1.165) is 5.56 Å². The molecular formula is C25H25F3N2O3. The molecule has 8 heteroatoms. The Morgan fingerprint density at radius 3 is 2.42 bits per heavy atom. The normalized spacial score (nSPS) is 16.8. The fourth-order valence-electron chi connectivity index (χ4n) is 3.69. The molecule has 0 bridgehead atoms. The number of para-hydroxylation sites is 1. The largest absolute Gasteiger partial charge is 0.466 e. The van der Waals surface area contributed by atoms with Crippen LogP contribution >= 0.6 is 0 Å². The molecule has 1 aliphatic heterocycles. The summed E-state index contributed by atoms with van der Waals surface area (Å²) >= 11 is 0. The van der Waals surface area contributed by atoms with Gasteiger partial charge < -0.3 is 9.64 Å². The average molecular weight is 458 g/mol. The van der Waals surface area contributed by atoms with Gasteiger partial charge in [-0.05, 0) is 31.4 Å². The Kier molecular flexibility index (Phi) is 7.36. The lowest BCUT2D eigenvalue weighted by molar-refractivity contribution is -0.187. The molecular weight excluding hydrogens is 433 g/mol. The molecule has 0 aliphatic carbocycles. The second-order valence-corrected chi connectivity index (χ2v) is 7.69. The molecule has 0 fully saturated rings. The van der Waals surface area contributed by atoms with E-state index in [2.05, 4.69) is 4.99 Å². The minimum Gasteiger partial charge on any atom is -0.466 e. The second kappa shape index (κ2) is 10.0. The van der Waals surface area contributed by atoms with Crippen molar-refractivity contribution in [3.8, 4) is 0 Å². The maximum atomic E-state index is 14.6. The SMILES string of the molecule is CCOC(=O)CC[C@@](C/C=C/c1ccccc1)(N=C1C(=O)N(C)c2ccccc21)C(F)(F)F. The van der Waals surface area contributed by atoms with Crippen molar-refractivity contribution in [2.45, 2.75) is 37.9 Å². The van der Waals surface area contributed by atoms with Crippen molar-refractivity contribution in [1.82, 2.24) is 0 Å². The first kappa shape index (κ1) is 24.2. The van der Waals surface area contributed by atoms with Gasteiger partial charge in [0.25, 0.3) is 5.91 Å². The van der Waals surface area contributed by atoms with Gasteiger partial charge in [-0.3, -0.25) is 14.6 Å². The third-order valence-corrected chi connectivity index (χ3v) is 5.49. The number of anilines is 1. The number of amides is 1. The minimum atomic E-state index is -4.82. The summed E-state index contributed by atoms with van der Waals surface area (Å²) in [5, 5.41) is 0. The van der Waals surface area contributed by atoms with E-state index in [1.165, 1.54) is 18.0 Å². The van der Waals surface area contributed by atoms with Crippen LogP contribution in [0.5, 0.6) is 0 Å². The Morgan fingerprint density at radius 1 is 1.09 bits per heavy atom. The lowest BCUT2D eigenvalue weighted by atomic mass is 9.88. The van der Waals surface area contributed by atoms with Crippen LogP contribution in [0.1, 0.15) is 37.3 Å². The number of fused-ring (bicyclic) bond motifs is 1. The van der Waals surface area contributed by atoms with Crippen LogP contribution in [-0.4, -0.2) is 43.0 Å². The van der Waals surface area contributed by atoms with Gasteiger partial charge in [-0.1, -0.05) is 60.7 Å². The molecule has 1 amide bonds. The summed E-state index contributed by atoms with van der Waals surface area (Å²) in [4.78, 5) is 30.1. The summed E-state index contributed by atoms with van der Waals surface area (Å²) in [6.45, 7) is 1.65. The van der Waals surface area contributed by atoms with Crippen molar-refractivity contribution in [2.75, 3.05) is 18.6 Å². The number of nitrogens with zero attached hydrogens (tertiary/aromatic N) is 2. The first-order valence-corrected chi connectivity index (χ1v) is 10.6. The summed E-state index contributed by atoms with van der Waals surface area (Å²) in [7, 11) is 1.49. The highest BCUT2D eigenvalue weighted by molar-refractivity contribution is 6.54. The maximum absolute atomic E-state index is 14.6. The lowest BCUT2D eigenvalue weighted by Crippen LogP contribution is -2.45. The van der Waals surface area contributed by atoms with E-state index in [-0.39, 0.29) is 12.3 Å². The van der Waals surface area contributed by atoms with Gasteiger partial charge in [0.15, 0.2) is 5.54 Å². The van der Waals surface area contributed by atoms with E-state index < -0.39 is 42.9 Å². The van der Waals surface area contributed by atoms with Crippen LogP contribution in [0.4, 0.5) is 18.9 Å². The minimum absolute atomic E-state index is 0.0664. The number of aliphatic imine (C=N–C) groups is 1. The molecule has 0 spiro atoms. The van der Waals surface area contributed by atoms with Crippen LogP contribution in [0.25, 0.3) is 6.08 Å². The first-order valence-electron chi connectivity index (χ1n) is 10.6. The van der Waals surface area contributed by atoms with Gasteiger partial charge in [-0.2, -0.15) is 13.2 Å².